The smallest absolute Gasteiger partial charge is 0.137 e. The van der Waals surface area contributed by atoms with Gasteiger partial charge >= 0.3 is 0 Å². The largest absolute Gasteiger partial charge is 0.378 e. The van der Waals surface area contributed by atoms with Crippen LogP contribution in [0.25, 0.3) is 0 Å². The first kappa shape index (κ1) is 34.7. The molecule has 0 fully saturated rings. The summed E-state index contributed by atoms with van der Waals surface area (Å²) in [4.78, 5) is 10.2. The highest BCUT2D eigenvalue weighted by Gasteiger charge is 2.41. The molecule has 0 amide bonds. The predicted molar refractivity (Wildman–Crippen MR) is 200 cm³/mol. The van der Waals surface area contributed by atoms with E-state index in [2.05, 4.69) is 33.8 Å². The van der Waals surface area contributed by atoms with Gasteiger partial charge in [0.2, 0.25) is 0 Å². The Kier molecular flexibility index (Phi) is 11.5. The van der Waals surface area contributed by atoms with E-state index in [1.807, 2.05) is 152 Å². The van der Waals surface area contributed by atoms with Gasteiger partial charge in [-0.1, -0.05) is 167 Å². The SMILES string of the molecule is CC(C)C[C@H](N=Cc1cccc(C=N[C@@H](CC(C)C)C(O)(c2ccccc2)c2ccccc2)c1)C(O)(c1ccccc1)c1ccccc1. The van der Waals surface area contributed by atoms with Crippen LogP contribution < -0.4 is 0 Å². The van der Waals surface area contributed by atoms with Gasteiger partial charge in [-0.3, -0.25) is 9.98 Å². The van der Waals surface area contributed by atoms with Gasteiger partial charge in [0.1, 0.15) is 11.2 Å². The fraction of sp³-hybridized carbons (Fsp3) is 0.273. The van der Waals surface area contributed by atoms with Gasteiger partial charge in [0.15, 0.2) is 0 Å². The van der Waals surface area contributed by atoms with Crippen molar-refractivity contribution in [2.45, 2.75) is 63.8 Å². The monoisotopic (exact) mass is 636 g/mol. The van der Waals surface area contributed by atoms with Gasteiger partial charge in [-0.25, -0.2) is 0 Å². The molecule has 0 saturated heterocycles. The molecule has 0 radical (unpaired) electrons. The molecule has 246 valence electrons. The molecule has 4 nitrogen and oxygen atoms in total. The molecule has 48 heavy (non-hydrogen) atoms. The lowest BCUT2D eigenvalue weighted by Gasteiger charge is -2.36. The molecule has 2 N–H and O–H groups in total. The minimum atomic E-state index is -1.30. The minimum absolute atomic E-state index is 0.315. The highest BCUT2D eigenvalue weighted by Crippen LogP contribution is 2.39. The molecule has 4 heteroatoms. The van der Waals surface area contributed by atoms with Gasteiger partial charge in [0.05, 0.1) is 12.1 Å². The number of benzene rings is 5. The number of hydrogen-bond donors (Lipinski definition) is 2. The third-order valence-corrected chi connectivity index (χ3v) is 8.93. The zero-order valence-corrected chi connectivity index (χ0v) is 28.5. The maximum atomic E-state index is 12.5. The first-order chi connectivity index (χ1) is 23.2. The van der Waals surface area contributed by atoms with E-state index < -0.39 is 23.3 Å². The summed E-state index contributed by atoms with van der Waals surface area (Å²) in [5, 5.41) is 25.0. The molecule has 0 aliphatic heterocycles. The summed E-state index contributed by atoms with van der Waals surface area (Å²) in [6, 6.07) is 46.7. The summed E-state index contributed by atoms with van der Waals surface area (Å²) in [6.07, 6.45) is 5.15. The molecule has 5 rings (SSSR count). The normalized spacial score (nSPS) is 13.8. The molecule has 0 aromatic heterocycles. The summed E-state index contributed by atoms with van der Waals surface area (Å²) < 4.78 is 0. The van der Waals surface area contributed by atoms with Gasteiger partial charge in [0.25, 0.3) is 0 Å². The number of aliphatic imine (C=N–C) groups is 2. The second-order valence-corrected chi connectivity index (χ2v) is 13.5. The highest BCUT2D eigenvalue weighted by atomic mass is 16.3. The Labute approximate surface area is 286 Å². The van der Waals surface area contributed by atoms with Crippen LogP contribution in [0.4, 0.5) is 0 Å². The van der Waals surface area contributed by atoms with E-state index in [1.54, 1.807) is 0 Å². The Balaban J connectivity index is 1.50. The van der Waals surface area contributed by atoms with E-state index in [-0.39, 0.29) is 0 Å². The molecule has 5 aromatic rings. The van der Waals surface area contributed by atoms with Crippen LogP contribution in [0.3, 0.4) is 0 Å². The maximum absolute atomic E-state index is 12.5. The third kappa shape index (κ3) is 8.07. The van der Waals surface area contributed by atoms with E-state index in [1.165, 1.54) is 0 Å². The second kappa shape index (κ2) is 16.0. The van der Waals surface area contributed by atoms with Crippen molar-refractivity contribution in [1.29, 1.82) is 0 Å². The molecule has 2 atom stereocenters. The molecule has 0 aliphatic carbocycles. The molecule has 0 bridgehead atoms. The molecule has 0 aliphatic rings. The van der Waals surface area contributed by atoms with Gasteiger partial charge in [-0.05, 0) is 64.1 Å². The van der Waals surface area contributed by atoms with Crippen molar-refractivity contribution >= 4 is 12.4 Å². The van der Waals surface area contributed by atoms with Crippen LogP contribution in [0, 0.1) is 11.8 Å². The van der Waals surface area contributed by atoms with Crippen LogP contribution in [0.1, 0.15) is 73.9 Å². The lowest BCUT2D eigenvalue weighted by atomic mass is 9.77. The zero-order valence-electron chi connectivity index (χ0n) is 28.5. The van der Waals surface area contributed by atoms with Gasteiger partial charge in [-0.15, -0.1) is 0 Å². The molecule has 0 heterocycles. The summed E-state index contributed by atoms with van der Waals surface area (Å²) in [6.45, 7) is 8.65. The van der Waals surface area contributed by atoms with Gasteiger partial charge in [0, 0.05) is 12.4 Å². The molecule has 0 unspecified atom stereocenters. The average molecular weight is 637 g/mol. The lowest BCUT2D eigenvalue weighted by molar-refractivity contribution is 0.0452. The van der Waals surface area contributed by atoms with Crippen molar-refractivity contribution in [2.24, 2.45) is 21.8 Å². The van der Waals surface area contributed by atoms with Crippen molar-refractivity contribution < 1.29 is 10.2 Å². The first-order valence-corrected chi connectivity index (χ1v) is 17.0. The Morgan fingerprint density at radius 2 is 0.750 bits per heavy atom. The number of nitrogens with zero attached hydrogens (tertiary/aromatic N) is 2. The van der Waals surface area contributed by atoms with Crippen LogP contribution >= 0.6 is 0 Å². The van der Waals surface area contributed by atoms with Crippen molar-refractivity contribution in [3.63, 3.8) is 0 Å². The second-order valence-electron chi connectivity index (χ2n) is 13.5. The van der Waals surface area contributed by atoms with E-state index >= 15 is 0 Å². The highest BCUT2D eigenvalue weighted by molar-refractivity contribution is 5.86. The molecular formula is C44H48N2O2. The molecule has 0 spiro atoms. The number of hydrogen-bond acceptors (Lipinski definition) is 4. The van der Waals surface area contributed by atoms with E-state index in [9.17, 15) is 10.2 Å². The minimum Gasteiger partial charge on any atom is -0.378 e. The van der Waals surface area contributed by atoms with Crippen molar-refractivity contribution in [1.82, 2.24) is 0 Å². The summed E-state index contributed by atoms with van der Waals surface area (Å²) in [5.41, 5.74) is 2.51. The van der Waals surface area contributed by atoms with Crippen LogP contribution in [0.5, 0.6) is 0 Å². The summed E-state index contributed by atoms with van der Waals surface area (Å²) in [5.74, 6) is 0.630. The molecular weight excluding hydrogens is 588 g/mol. The summed E-state index contributed by atoms with van der Waals surface area (Å²) in [7, 11) is 0. The Hall–Kier alpha value is -4.64. The van der Waals surface area contributed by atoms with Crippen LogP contribution in [0.15, 0.2) is 156 Å². The topological polar surface area (TPSA) is 65.2 Å². The standard InChI is InChI=1S/C44H48N2O2/c1-33(2)28-41(43(47,37-20-9-5-10-21-37)38-22-11-6-12-23-38)45-31-35-18-17-19-36(30-35)32-46-42(29-34(3)4)44(48,39-24-13-7-14-25-39)40-26-15-8-16-27-40/h5-27,30-34,41-42,47-48H,28-29H2,1-4H3/t41-,42-/m0/s1. The van der Waals surface area contributed by atoms with Crippen LogP contribution in [-0.2, 0) is 11.2 Å². The third-order valence-electron chi connectivity index (χ3n) is 8.93. The number of rotatable bonds is 14. The Morgan fingerprint density at radius 1 is 0.458 bits per heavy atom. The molecule has 5 aromatic carbocycles. The van der Waals surface area contributed by atoms with Gasteiger partial charge in [-0.2, -0.15) is 0 Å². The van der Waals surface area contributed by atoms with Gasteiger partial charge < -0.3 is 10.2 Å². The molecule has 0 saturated carbocycles. The number of aliphatic hydroxyl groups is 2. The Morgan fingerprint density at radius 3 is 1.02 bits per heavy atom. The fourth-order valence-electron chi connectivity index (χ4n) is 6.52. The zero-order chi connectivity index (χ0) is 34.0. The predicted octanol–water partition coefficient (Wildman–Crippen LogP) is 9.23. The maximum Gasteiger partial charge on any atom is 0.137 e. The summed E-state index contributed by atoms with van der Waals surface area (Å²) >= 11 is 0. The quantitative estimate of drug-likeness (QED) is 0.119. The first-order valence-electron chi connectivity index (χ1n) is 17.0. The van der Waals surface area contributed by atoms with E-state index in [0.717, 1.165) is 33.4 Å². The average Bonchev–Trinajstić information content (AvgIpc) is 3.12. The van der Waals surface area contributed by atoms with Crippen molar-refractivity contribution in [3.8, 4) is 0 Å². The fourth-order valence-corrected chi connectivity index (χ4v) is 6.52. The van der Waals surface area contributed by atoms with Crippen molar-refractivity contribution in [2.75, 3.05) is 0 Å². The van der Waals surface area contributed by atoms with E-state index in [0.29, 0.717) is 24.7 Å². The van der Waals surface area contributed by atoms with E-state index in [4.69, 9.17) is 9.98 Å². The lowest BCUT2D eigenvalue weighted by Crippen LogP contribution is -2.40. The Bertz CT molecular complexity index is 1540. The van der Waals surface area contributed by atoms with Crippen molar-refractivity contribution in [3.05, 3.63) is 179 Å². The van der Waals surface area contributed by atoms with Crippen LogP contribution in [-0.4, -0.2) is 34.7 Å². The van der Waals surface area contributed by atoms with Crippen LogP contribution in [0.2, 0.25) is 0 Å².